The van der Waals surface area contributed by atoms with E-state index in [0.29, 0.717) is 44.8 Å². The summed E-state index contributed by atoms with van der Waals surface area (Å²) in [5, 5.41) is 10.5. The number of aryl methyl sites for hydroxylation is 1. The van der Waals surface area contributed by atoms with Crippen LogP contribution in [0.25, 0.3) is 11.0 Å². The number of pyridine rings is 2. The first-order valence-corrected chi connectivity index (χ1v) is 11.7. The molecule has 7 nitrogen and oxygen atoms in total. The second-order valence-electron chi connectivity index (χ2n) is 8.58. The highest BCUT2D eigenvalue weighted by Crippen LogP contribution is 2.39. The Hall–Kier alpha value is -2.79. The van der Waals surface area contributed by atoms with Crippen molar-refractivity contribution in [1.29, 1.82) is 5.26 Å². The highest BCUT2D eigenvalue weighted by Gasteiger charge is 2.40. The molecule has 2 aliphatic rings. The standard InChI is InChI=1S/C24H23Cl2N5O2/c1-3-16-12-31-17(11-30(16)10-14-4-6-18(25)19(26)8-14)13-33-23-22(31)21-20(29(2)24(23)32)7-5-15(9-27)28-21/h4-8,16-17H,3,10-13H2,1-2H3/t16-,17+/m1/s1. The van der Waals surface area contributed by atoms with E-state index in [0.717, 1.165) is 31.6 Å². The molecule has 9 heteroatoms. The van der Waals surface area contributed by atoms with E-state index in [4.69, 9.17) is 27.9 Å². The van der Waals surface area contributed by atoms with Crippen LogP contribution >= 0.6 is 23.2 Å². The number of rotatable bonds is 3. The fourth-order valence-corrected chi connectivity index (χ4v) is 5.21. The van der Waals surface area contributed by atoms with Crippen LogP contribution in [-0.2, 0) is 13.6 Å². The minimum atomic E-state index is -0.186. The minimum Gasteiger partial charge on any atom is -0.484 e. The van der Waals surface area contributed by atoms with Crippen LogP contribution in [0.15, 0.2) is 35.1 Å². The number of nitriles is 1. The quantitative estimate of drug-likeness (QED) is 0.560. The molecule has 0 aliphatic carbocycles. The predicted octanol–water partition coefficient (Wildman–Crippen LogP) is 3.97. The van der Waals surface area contributed by atoms with Gasteiger partial charge in [-0.1, -0.05) is 36.2 Å². The Balaban J connectivity index is 1.54. The molecule has 2 aliphatic heterocycles. The van der Waals surface area contributed by atoms with Gasteiger partial charge in [0.05, 0.1) is 21.6 Å². The number of piperazine rings is 1. The molecule has 2 aromatic heterocycles. The van der Waals surface area contributed by atoms with Crippen LogP contribution in [0.1, 0.15) is 24.6 Å². The molecule has 5 rings (SSSR count). The fraction of sp³-hybridized carbons (Fsp3) is 0.375. The minimum absolute atomic E-state index is 0.0610. The molecule has 3 aromatic rings. The van der Waals surface area contributed by atoms with Gasteiger partial charge in [0.2, 0.25) is 5.75 Å². The number of hydrogen-bond acceptors (Lipinski definition) is 6. The smallest absolute Gasteiger partial charge is 0.295 e. The van der Waals surface area contributed by atoms with Gasteiger partial charge in [-0.15, -0.1) is 0 Å². The lowest BCUT2D eigenvalue weighted by Crippen LogP contribution is -2.61. The molecule has 0 N–H and O–H groups in total. The van der Waals surface area contributed by atoms with Gasteiger partial charge in [-0.3, -0.25) is 9.69 Å². The van der Waals surface area contributed by atoms with Gasteiger partial charge in [0.25, 0.3) is 5.56 Å². The van der Waals surface area contributed by atoms with Gasteiger partial charge >= 0.3 is 0 Å². The van der Waals surface area contributed by atoms with Crippen LogP contribution in [0.4, 0.5) is 5.69 Å². The Morgan fingerprint density at radius 2 is 2.03 bits per heavy atom. The Morgan fingerprint density at radius 1 is 1.21 bits per heavy atom. The average molecular weight is 484 g/mol. The number of anilines is 1. The highest BCUT2D eigenvalue weighted by atomic mass is 35.5. The molecule has 4 heterocycles. The largest absolute Gasteiger partial charge is 0.484 e. The number of ether oxygens (including phenoxy) is 1. The number of nitrogens with zero attached hydrogens (tertiary/aromatic N) is 5. The Bertz CT molecular complexity index is 1350. The van der Waals surface area contributed by atoms with E-state index in [9.17, 15) is 10.1 Å². The summed E-state index contributed by atoms with van der Waals surface area (Å²) in [6, 6.07) is 11.6. The summed E-state index contributed by atoms with van der Waals surface area (Å²) in [6.07, 6.45) is 0.945. The molecule has 170 valence electrons. The van der Waals surface area contributed by atoms with Crippen molar-refractivity contribution in [2.75, 3.05) is 24.6 Å². The molecule has 1 aromatic carbocycles. The lowest BCUT2D eigenvalue weighted by Gasteiger charge is -2.49. The summed E-state index contributed by atoms with van der Waals surface area (Å²) >= 11 is 12.3. The molecule has 2 atom stereocenters. The van der Waals surface area contributed by atoms with Crippen LogP contribution in [-0.4, -0.2) is 46.2 Å². The van der Waals surface area contributed by atoms with Gasteiger partial charge in [0, 0.05) is 32.7 Å². The predicted molar refractivity (Wildman–Crippen MR) is 129 cm³/mol. The molecule has 0 unspecified atom stereocenters. The van der Waals surface area contributed by atoms with E-state index in [2.05, 4.69) is 27.8 Å². The van der Waals surface area contributed by atoms with Gasteiger partial charge in [-0.05, 0) is 36.2 Å². The fourth-order valence-electron chi connectivity index (χ4n) is 4.89. The van der Waals surface area contributed by atoms with Gasteiger partial charge < -0.3 is 14.2 Å². The Labute approximate surface area is 201 Å². The number of halogens is 2. The first kappa shape index (κ1) is 22.0. The summed E-state index contributed by atoms with van der Waals surface area (Å²) in [6.45, 7) is 4.84. The van der Waals surface area contributed by atoms with Crippen molar-refractivity contribution < 1.29 is 4.74 Å². The van der Waals surface area contributed by atoms with Crippen molar-refractivity contribution in [3.05, 3.63) is 62.0 Å². The van der Waals surface area contributed by atoms with E-state index in [1.54, 1.807) is 23.7 Å². The first-order chi connectivity index (χ1) is 15.9. The maximum Gasteiger partial charge on any atom is 0.295 e. The van der Waals surface area contributed by atoms with Gasteiger partial charge in [-0.2, -0.15) is 5.26 Å². The van der Waals surface area contributed by atoms with Crippen LogP contribution in [0, 0.1) is 11.3 Å². The summed E-state index contributed by atoms with van der Waals surface area (Å²) in [5.74, 6) is 0.316. The van der Waals surface area contributed by atoms with Gasteiger partial charge in [0.15, 0.2) is 0 Å². The van der Waals surface area contributed by atoms with E-state index >= 15 is 0 Å². The lowest BCUT2D eigenvalue weighted by atomic mass is 10.0. The van der Waals surface area contributed by atoms with Gasteiger partial charge in [0.1, 0.15) is 29.6 Å². The van der Waals surface area contributed by atoms with Crippen molar-refractivity contribution in [2.45, 2.75) is 32.0 Å². The SMILES string of the molecule is CC[C@@H]1CN2c3c(c(=O)n(C)c4ccc(C#N)nc34)OC[C@@H]2CN1Cc1ccc(Cl)c(Cl)c1. The maximum absolute atomic E-state index is 13.1. The summed E-state index contributed by atoms with van der Waals surface area (Å²) < 4.78 is 7.57. The summed E-state index contributed by atoms with van der Waals surface area (Å²) in [4.78, 5) is 22.3. The maximum atomic E-state index is 13.1. The summed E-state index contributed by atoms with van der Waals surface area (Å²) in [7, 11) is 1.71. The molecule has 33 heavy (non-hydrogen) atoms. The van der Waals surface area contributed by atoms with E-state index in [-0.39, 0.29) is 17.6 Å². The summed E-state index contributed by atoms with van der Waals surface area (Å²) in [5.41, 5.74) is 3.25. The average Bonchev–Trinajstić information content (AvgIpc) is 2.83. The molecule has 0 bridgehead atoms. The monoisotopic (exact) mass is 483 g/mol. The van der Waals surface area contributed by atoms with Crippen LogP contribution in [0.5, 0.6) is 5.75 Å². The zero-order valence-electron chi connectivity index (χ0n) is 18.4. The molecule has 0 amide bonds. The number of aromatic nitrogens is 2. The van der Waals surface area contributed by atoms with Crippen molar-refractivity contribution >= 4 is 39.9 Å². The first-order valence-electron chi connectivity index (χ1n) is 10.9. The van der Waals surface area contributed by atoms with Crippen LogP contribution < -0.4 is 15.2 Å². The van der Waals surface area contributed by atoms with E-state index in [1.165, 1.54) is 0 Å². The third kappa shape index (κ3) is 3.72. The number of benzene rings is 1. The normalized spacial score (nSPS) is 20.2. The third-order valence-corrected chi connectivity index (χ3v) is 7.39. The van der Waals surface area contributed by atoms with Crippen molar-refractivity contribution in [1.82, 2.24) is 14.5 Å². The molecule has 0 spiro atoms. The molecule has 0 saturated carbocycles. The van der Waals surface area contributed by atoms with Crippen LogP contribution in [0.3, 0.4) is 0 Å². The third-order valence-electron chi connectivity index (χ3n) is 6.65. The topological polar surface area (TPSA) is 74.4 Å². The zero-order valence-corrected chi connectivity index (χ0v) is 19.9. The lowest BCUT2D eigenvalue weighted by molar-refractivity contribution is 0.109. The Kier molecular flexibility index (Phi) is 5.69. The molecule has 1 fully saturated rings. The van der Waals surface area contributed by atoms with Gasteiger partial charge in [-0.25, -0.2) is 4.98 Å². The second-order valence-corrected chi connectivity index (χ2v) is 9.39. The number of fused-ring (bicyclic) bond motifs is 5. The van der Waals surface area contributed by atoms with Crippen molar-refractivity contribution in [3.8, 4) is 11.8 Å². The zero-order chi connectivity index (χ0) is 23.3. The van der Waals surface area contributed by atoms with Crippen molar-refractivity contribution in [2.24, 2.45) is 7.05 Å². The van der Waals surface area contributed by atoms with Crippen LogP contribution in [0.2, 0.25) is 10.0 Å². The van der Waals surface area contributed by atoms with Crippen molar-refractivity contribution in [3.63, 3.8) is 0 Å². The highest BCUT2D eigenvalue weighted by molar-refractivity contribution is 6.42. The molecular formula is C24H23Cl2N5O2. The molecular weight excluding hydrogens is 461 g/mol. The molecule has 1 saturated heterocycles. The molecule has 0 radical (unpaired) electrons. The Morgan fingerprint density at radius 3 is 2.76 bits per heavy atom. The van der Waals surface area contributed by atoms with E-state index in [1.807, 2.05) is 18.2 Å². The second kappa shape index (κ2) is 8.53. The van der Waals surface area contributed by atoms with E-state index < -0.39 is 0 Å². The number of hydrogen-bond donors (Lipinski definition) is 0.